The second kappa shape index (κ2) is 7.46. The third-order valence-electron chi connectivity index (χ3n) is 5.75. The Hall–Kier alpha value is -2.96. The van der Waals surface area contributed by atoms with Crippen LogP contribution in [0.5, 0.6) is 0 Å². The number of morpholine rings is 1. The molecule has 0 unspecified atom stereocenters. The van der Waals surface area contributed by atoms with Crippen molar-refractivity contribution in [1.29, 1.82) is 0 Å². The van der Waals surface area contributed by atoms with Gasteiger partial charge in [0.2, 0.25) is 5.78 Å². The Morgan fingerprint density at radius 1 is 0.966 bits per heavy atom. The Kier molecular flexibility index (Phi) is 4.66. The van der Waals surface area contributed by atoms with Gasteiger partial charge in [0.15, 0.2) is 0 Å². The van der Waals surface area contributed by atoms with Crippen LogP contribution in [0, 0.1) is 6.92 Å². The molecule has 0 spiro atoms. The van der Waals surface area contributed by atoms with Crippen molar-refractivity contribution in [3.05, 3.63) is 70.6 Å². The number of nitrogens with zero attached hydrogens (tertiary/aromatic N) is 4. The molecule has 6 nitrogen and oxygen atoms in total. The molecule has 0 bridgehead atoms. The zero-order valence-electron chi connectivity index (χ0n) is 16.5. The predicted octanol–water partition coefficient (Wildman–Crippen LogP) is 2.96. The lowest BCUT2D eigenvalue weighted by Crippen LogP contribution is -2.38. The molecule has 0 saturated carbocycles. The smallest absolute Gasteiger partial charge is 0.267 e. The second-order valence-corrected chi connectivity index (χ2v) is 7.48. The van der Waals surface area contributed by atoms with Gasteiger partial charge in [0, 0.05) is 31.7 Å². The van der Waals surface area contributed by atoms with Crippen LogP contribution in [0.2, 0.25) is 0 Å². The zero-order valence-corrected chi connectivity index (χ0v) is 16.5. The number of aryl methyl sites for hydroxylation is 1. The van der Waals surface area contributed by atoms with E-state index in [0.717, 1.165) is 67.2 Å². The molecule has 4 aromatic rings. The predicted molar refractivity (Wildman–Crippen MR) is 114 cm³/mol. The quantitative estimate of drug-likeness (QED) is 0.539. The summed E-state index contributed by atoms with van der Waals surface area (Å²) in [5.41, 5.74) is 3.69. The van der Waals surface area contributed by atoms with Crippen LogP contribution in [-0.4, -0.2) is 51.7 Å². The van der Waals surface area contributed by atoms with Gasteiger partial charge in [0.05, 0.1) is 35.5 Å². The molecule has 1 aliphatic heterocycles. The van der Waals surface area contributed by atoms with E-state index in [1.54, 1.807) is 4.40 Å². The van der Waals surface area contributed by atoms with Gasteiger partial charge in [-0.1, -0.05) is 42.5 Å². The normalized spacial score (nSPS) is 15.3. The topological polar surface area (TPSA) is 51.8 Å². The fourth-order valence-corrected chi connectivity index (χ4v) is 4.19. The Labute approximate surface area is 169 Å². The first-order chi connectivity index (χ1) is 14.2. The van der Waals surface area contributed by atoms with Gasteiger partial charge in [-0.3, -0.25) is 9.69 Å². The van der Waals surface area contributed by atoms with E-state index < -0.39 is 0 Å². The SMILES string of the molecule is Cc1c(-c2ccccc2)nc2n(CCN3CCOCC3)c3ccccc3c(=O)n12. The minimum absolute atomic E-state index is 0.00889. The molecule has 0 amide bonds. The molecule has 2 aromatic heterocycles. The molecule has 148 valence electrons. The molecule has 0 atom stereocenters. The lowest BCUT2D eigenvalue weighted by Gasteiger charge is -2.27. The number of para-hydroxylation sites is 1. The summed E-state index contributed by atoms with van der Waals surface area (Å²) in [6.07, 6.45) is 0. The lowest BCUT2D eigenvalue weighted by molar-refractivity contribution is 0.0366. The van der Waals surface area contributed by atoms with Crippen LogP contribution in [0.1, 0.15) is 5.69 Å². The van der Waals surface area contributed by atoms with Crippen molar-refractivity contribution in [1.82, 2.24) is 18.9 Å². The van der Waals surface area contributed by atoms with Gasteiger partial charge >= 0.3 is 0 Å². The van der Waals surface area contributed by atoms with Crippen LogP contribution in [0.25, 0.3) is 27.9 Å². The van der Waals surface area contributed by atoms with Crippen molar-refractivity contribution < 1.29 is 4.74 Å². The number of hydrogen-bond acceptors (Lipinski definition) is 4. The van der Waals surface area contributed by atoms with Gasteiger partial charge in [-0.05, 0) is 19.1 Å². The van der Waals surface area contributed by atoms with E-state index in [0.29, 0.717) is 5.78 Å². The van der Waals surface area contributed by atoms with Gasteiger partial charge in [-0.2, -0.15) is 0 Å². The van der Waals surface area contributed by atoms with E-state index in [1.807, 2.05) is 61.5 Å². The van der Waals surface area contributed by atoms with Crippen LogP contribution in [0.4, 0.5) is 0 Å². The molecular formula is C23H24N4O2. The molecule has 6 heteroatoms. The number of benzene rings is 2. The summed E-state index contributed by atoms with van der Waals surface area (Å²) in [5, 5.41) is 0.724. The molecule has 29 heavy (non-hydrogen) atoms. The fraction of sp³-hybridized carbons (Fsp3) is 0.304. The molecular weight excluding hydrogens is 364 g/mol. The number of imidazole rings is 1. The third-order valence-corrected chi connectivity index (χ3v) is 5.75. The summed E-state index contributed by atoms with van der Waals surface area (Å²) in [6.45, 7) is 7.09. The summed E-state index contributed by atoms with van der Waals surface area (Å²) in [4.78, 5) is 20.6. The van der Waals surface area contributed by atoms with E-state index in [9.17, 15) is 4.79 Å². The van der Waals surface area contributed by atoms with E-state index in [2.05, 4.69) is 9.47 Å². The Balaban J connectivity index is 1.70. The number of rotatable bonds is 4. The maximum atomic E-state index is 13.3. The van der Waals surface area contributed by atoms with Gasteiger partial charge in [-0.25, -0.2) is 9.38 Å². The minimum atomic E-state index is -0.00889. The largest absolute Gasteiger partial charge is 0.379 e. The van der Waals surface area contributed by atoms with E-state index >= 15 is 0 Å². The van der Waals surface area contributed by atoms with E-state index in [4.69, 9.17) is 9.72 Å². The van der Waals surface area contributed by atoms with Crippen LogP contribution in [0.3, 0.4) is 0 Å². The Bertz CT molecular complexity index is 1220. The van der Waals surface area contributed by atoms with E-state index in [-0.39, 0.29) is 5.56 Å². The summed E-state index contributed by atoms with van der Waals surface area (Å²) in [6, 6.07) is 17.9. The zero-order chi connectivity index (χ0) is 19.8. The highest BCUT2D eigenvalue weighted by Gasteiger charge is 2.19. The molecule has 0 N–H and O–H groups in total. The molecule has 3 heterocycles. The first kappa shape index (κ1) is 18.1. The van der Waals surface area contributed by atoms with Crippen molar-refractivity contribution in [3.8, 4) is 11.3 Å². The van der Waals surface area contributed by atoms with Crippen molar-refractivity contribution in [2.45, 2.75) is 13.5 Å². The Morgan fingerprint density at radius 2 is 1.69 bits per heavy atom. The molecule has 1 aliphatic rings. The second-order valence-electron chi connectivity index (χ2n) is 7.48. The molecule has 1 fully saturated rings. The number of hydrogen-bond donors (Lipinski definition) is 0. The van der Waals surface area contributed by atoms with Crippen LogP contribution < -0.4 is 5.56 Å². The Morgan fingerprint density at radius 3 is 2.48 bits per heavy atom. The fourth-order valence-electron chi connectivity index (χ4n) is 4.19. The summed E-state index contributed by atoms with van der Waals surface area (Å²) in [7, 11) is 0. The third kappa shape index (κ3) is 3.14. The van der Waals surface area contributed by atoms with Gasteiger partial charge < -0.3 is 9.30 Å². The maximum Gasteiger partial charge on any atom is 0.267 e. The van der Waals surface area contributed by atoms with E-state index in [1.165, 1.54) is 0 Å². The molecule has 0 radical (unpaired) electrons. The van der Waals surface area contributed by atoms with Crippen molar-refractivity contribution in [2.24, 2.45) is 0 Å². The maximum absolute atomic E-state index is 13.3. The molecule has 1 saturated heterocycles. The first-order valence-corrected chi connectivity index (χ1v) is 10.1. The number of aromatic nitrogens is 3. The average Bonchev–Trinajstić information content (AvgIpc) is 3.12. The van der Waals surface area contributed by atoms with Gasteiger partial charge in [0.1, 0.15) is 0 Å². The number of fused-ring (bicyclic) bond motifs is 2. The van der Waals surface area contributed by atoms with Crippen molar-refractivity contribution in [2.75, 3.05) is 32.8 Å². The lowest BCUT2D eigenvalue weighted by atomic mass is 10.1. The van der Waals surface area contributed by atoms with Crippen LogP contribution in [-0.2, 0) is 11.3 Å². The minimum Gasteiger partial charge on any atom is -0.379 e. The van der Waals surface area contributed by atoms with Crippen LogP contribution in [0.15, 0.2) is 59.4 Å². The van der Waals surface area contributed by atoms with Crippen molar-refractivity contribution >= 4 is 16.7 Å². The highest BCUT2D eigenvalue weighted by atomic mass is 16.5. The molecule has 5 rings (SSSR count). The highest BCUT2D eigenvalue weighted by molar-refractivity contribution is 5.81. The highest BCUT2D eigenvalue weighted by Crippen LogP contribution is 2.24. The van der Waals surface area contributed by atoms with Gasteiger partial charge in [-0.15, -0.1) is 0 Å². The monoisotopic (exact) mass is 388 g/mol. The standard InChI is InChI=1S/C23H24N4O2/c1-17-21(18-7-3-2-4-8-18)24-23-26(12-11-25-13-15-29-16-14-25)20-10-6-5-9-19(20)22(28)27(17)23/h2-10H,11-16H2,1H3. The summed E-state index contributed by atoms with van der Waals surface area (Å²) < 4.78 is 9.42. The summed E-state index contributed by atoms with van der Waals surface area (Å²) in [5.74, 6) is 0.707. The van der Waals surface area contributed by atoms with Crippen molar-refractivity contribution in [3.63, 3.8) is 0 Å². The first-order valence-electron chi connectivity index (χ1n) is 10.1. The van der Waals surface area contributed by atoms with Crippen LogP contribution >= 0.6 is 0 Å². The van der Waals surface area contributed by atoms with Gasteiger partial charge in [0.25, 0.3) is 5.56 Å². The molecule has 0 aliphatic carbocycles. The average molecular weight is 388 g/mol. The summed E-state index contributed by atoms with van der Waals surface area (Å²) >= 11 is 0. The molecule has 2 aromatic carbocycles. The number of ether oxygens (including phenoxy) is 1.